The van der Waals surface area contributed by atoms with Crippen molar-refractivity contribution in [2.24, 2.45) is 0 Å². The fraction of sp³-hybridized carbons (Fsp3) is 0.250. The quantitative estimate of drug-likeness (QED) is 0.921. The maximum Gasteiger partial charge on any atom is 0.0794 e. The summed E-state index contributed by atoms with van der Waals surface area (Å²) in [4.78, 5) is 5.31. The molecule has 1 unspecified atom stereocenters. The number of nitrogens with one attached hydrogen (secondary N) is 1. The van der Waals surface area contributed by atoms with Crippen LogP contribution >= 0.6 is 34.5 Å². The smallest absolute Gasteiger partial charge is 0.0794 e. The summed E-state index contributed by atoms with van der Waals surface area (Å²) in [6.45, 7) is 0. The van der Waals surface area contributed by atoms with Crippen molar-refractivity contribution in [2.45, 2.75) is 12.5 Å². The Balaban J connectivity index is 2.22. The molecule has 1 aromatic carbocycles. The molecule has 0 radical (unpaired) electrons. The van der Waals surface area contributed by atoms with Gasteiger partial charge in [0.25, 0.3) is 0 Å². The Labute approximate surface area is 115 Å². The van der Waals surface area contributed by atoms with Gasteiger partial charge in [0.1, 0.15) is 0 Å². The number of aromatic nitrogens is 1. The molecule has 0 bridgehead atoms. The molecule has 0 spiro atoms. The fourth-order valence-electron chi connectivity index (χ4n) is 1.71. The van der Waals surface area contributed by atoms with Crippen LogP contribution in [0.25, 0.3) is 0 Å². The van der Waals surface area contributed by atoms with Crippen molar-refractivity contribution in [3.05, 3.63) is 50.4 Å². The van der Waals surface area contributed by atoms with Crippen LogP contribution in [0.15, 0.2) is 29.9 Å². The number of likely N-dealkylation sites (N-methyl/N-ethyl adjacent to an activating group) is 1. The number of rotatable bonds is 4. The topological polar surface area (TPSA) is 24.9 Å². The lowest BCUT2D eigenvalue weighted by atomic mass is 10.0. The summed E-state index contributed by atoms with van der Waals surface area (Å²) in [5.41, 5.74) is 2.94. The van der Waals surface area contributed by atoms with Gasteiger partial charge in [-0.15, -0.1) is 11.3 Å². The van der Waals surface area contributed by atoms with Gasteiger partial charge in [-0.2, -0.15) is 0 Å². The lowest BCUT2D eigenvalue weighted by Gasteiger charge is -2.16. The molecule has 0 aliphatic carbocycles. The highest BCUT2D eigenvalue weighted by Crippen LogP contribution is 2.26. The summed E-state index contributed by atoms with van der Waals surface area (Å²) in [7, 11) is 1.93. The molecule has 2 nitrogen and oxygen atoms in total. The third kappa shape index (κ3) is 3.42. The molecule has 0 aliphatic rings. The van der Waals surface area contributed by atoms with Gasteiger partial charge in [0.15, 0.2) is 0 Å². The molecule has 1 N–H and O–H groups in total. The Hall–Kier alpha value is -0.610. The predicted octanol–water partition coefficient (Wildman–Crippen LogP) is 3.95. The van der Waals surface area contributed by atoms with Crippen molar-refractivity contribution in [3.63, 3.8) is 0 Å². The number of thiazole rings is 1. The molecule has 1 heterocycles. The molecule has 0 saturated carbocycles. The number of nitrogens with zero attached hydrogens (tertiary/aromatic N) is 1. The summed E-state index contributed by atoms with van der Waals surface area (Å²) in [6, 6.07) is 5.82. The average Bonchev–Trinajstić information content (AvgIpc) is 2.77. The first kappa shape index (κ1) is 12.8. The maximum atomic E-state index is 6.01. The fourth-order valence-corrected chi connectivity index (χ4v) is 2.89. The molecule has 0 saturated heterocycles. The van der Waals surface area contributed by atoms with E-state index < -0.39 is 0 Å². The van der Waals surface area contributed by atoms with Crippen molar-refractivity contribution in [3.8, 4) is 0 Å². The van der Waals surface area contributed by atoms with Crippen molar-refractivity contribution in [1.82, 2.24) is 10.3 Å². The van der Waals surface area contributed by atoms with E-state index >= 15 is 0 Å². The molecule has 90 valence electrons. The van der Waals surface area contributed by atoms with Gasteiger partial charge >= 0.3 is 0 Å². The second-order valence-corrected chi connectivity index (χ2v) is 5.56. The van der Waals surface area contributed by atoms with Crippen LogP contribution in [0.5, 0.6) is 0 Å². The number of benzene rings is 1. The van der Waals surface area contributed by atoms with Crippen LogP contribution in [0.1, 0.15) is 16.5 Å². The first-order valence-corrected chi connectivity index (χ1v) is 6.83. The summed E-state index contributed by atoms with van der Waals surface area (Å²) in [5, 5.41) is 4.60. The molecule has 17 heavy (non-hydrogen) atoms. The highest BCUT2D eigenvalue weighted by molar-refractivity contribution is 7.09. The van der Waals surface area contributed by atoms with Crippen LogP contribution in [0.3, 0.4) is 0 Å². The zero-order valence-electron chi connectivity index (χ0n) is 9.28. The Morgan fingerprint density at radius 1 is 1.29 bits per heavy atom. The molecular formula is C12H12Cl2N2S. The van der Waals surface area contributed by atoms with Gasteiger partial charge in [-0.25, -0.2) is 0 Å². The average molecular weight is 287 g/mol. The molecule has 2 rings (SSSR count). The molecule has 1 atom stereocenters. The minimum atomic E-state index is 0.201. The van der Waals surface area contributed by atoms with Crippen LogP contribution < -0.4 is 5.32 Å². The van der Waals surface area contributed by atoms with E-state index in [0.717, 1.165) is 12.0 Å². The van der Waals surface area contributed by atoms with E-state index in [0.29, 0.717) is 10.0 Å². The van der Waals surface area contributed by atoms with Gasteiger partial charge in [0.05, 0.1) is 5.51 Å². The molecule has 2 aromatic rings. The SMILES string of the molecule is CNC(Cc1cncs1)c1cc(Cl)cc(Cl)c1. The number of hydrogen-bond acceptors (Lipinski definition) is 3. The number of hydrogen-bond donors (Lipinski definition) is 1. The van der Waals surface area contributed by atoms with Crippen LogP contribution in [0.4, 0.5) is 0 Å². The summed E-state index contributed by atoms with van der Waals surface area (Å²) < 4.78 is 0. The zero-order chi connectivity index (χ0) is 12.3. The Bertz CT molecular complexity index is 465. The van der Waals surface area contributed by atoms with Crippen LogP contribution in [-0.4, -0.2) is 12.0 Å². The van der Waals surface area contributed by atoms with Crippen molar-refractivity contribution in [2.75, 3.05) is 7.05 Å². The normalized spacial score (nSPS) is 12.6. The first-order valence-electron chi connectivity index (χ1n) is 5.19. The van der Waals surface area contributed by atoms with Crippen molar-refractivity contribution >= 4 is 34.5 Å². The predicted molar refractivity (Wildman–Crippen MR) is 74.1 cm³/mol. The van der Waals surface area contributed by atoms with Gasteiger partial charge in [0.2, 0.25) is 0 Å². The highest BCUT2D eigenvalue weighted by Gasteiger charge is 2.12. The van der Waals surface area contributed by atoms with E-state index in [-0.39, 0.29) is 6.04 Å². The molecular weight excluding hydrogens is 275 g/mol. The Morgan fingerprint density at radius 3 is 2.53 bits per heavy atom. The van der Waals surface area contributed by atoms with Crippen LogP contribution in [0.2, 0.25) is 10.0 Å². The molecule has 0 aliphatic heterocycles. The van der Waals surface area contributed by atoms with Crippen LogP contribution in [-0.2, 0) is 6.42 Å². The third-order valence-corrected chi connectivity index (χ3v) is 3.76. The van der Waals surface area contributed by atoms with Gasteiger partial charge in [0, 0.05) is 33.6 Å². The maximum absolute atomic E-state index is 6.01. The Kier molecular flexibility index (Phi) is 4.40. The molecule has 0 amide bonds. The van der Waals surface area contributed by atoms with E-state index in [1.807, 2.05) is 30.9 Å². The van der Waals surface area contributed by atoms with E-state index in [2.05, 4.69) is 10.3 Å². The van der Waals surface area contributed by atoms with Gasteiger partial charge in [-0.1, -0.05) is 23.2 Å². The zero-order valence-corrected chi connectivity index (χ0v) is 11.6. The summed E-state index contributed by atoms with van der Waals surface area (Å²) >= 11 is 13.7. The van der Waals surface area contributed by atoms with Crippen LogP contribution in [0, 0.1) is 0 Å². The third-order valence-electron chi connectivity index (χ3n) is 2.52. The highest BCUT2D eigenvalue weighted by atomic mass is 35.5. The molecule has 0 fully saturated rings. The van der Waals surface area contributed by atoms with Gasteiger partial charge in [-0.05, 0) is 30.8 Å². The lowest BCUT2D eigenvalue weighted by Crippen LogP contribution is -2.18. The lowest BCUT2D eigenvalue weighted by molar-refractivity contribution is 0.596. The van der Waals surface area contributed by atoms with E-state index in [4.69, 9.17) is 23.2 Å². The van der Waals surface area contributed by atoms with Crippen molar-refractivity contribution in [1.29, 1.82) is 0 Å². The van der Waals surface area contributed by atoms with E-state index in [1.165, 1.54) is 4.88 Å². The summed E-state index contributed by atoms with van der Waals surface area (Å²) in [5.74, 6) is 0. The first-order chi connectivity index (χ1) is 8.19. The van der Waals surface area contributed by atoms with Gasteiger partial charge < -0.3 is 5.32 Å². The second-order valence-electron chi connectivity index (χ2n) is 3.72. The van der Waals surface area contributed by atoms with E-state index in [9.17, 15) is 0 Å². The molecule has 1 aromatic heterocycles. The minimum Gasteiger partial charge on any atom is -0.313 e. The van der Waals surface area contributed by atoms with Crippen molar-refractivity contribution < 1.29 is 0 Å². The van der Waals surface area contributed by atoms with E-state index in [1.54, 1.807) is 17.4 Å². The second kappa shape index (κ2) is 5.83. The standard InChI is InChI=1S/C12H12Cl2N2S/c1-15-12(5-11-6-16-7-17-11)8-2-9(13)4-10(14)3-8/h2-4,6-7,12,15H,5H2,1H3. The van der Waals surface area contributed by atoms with Gasteiger partial charge in [-0.3, -0.25) is 4.98 Å². The largest absolute Gasteiger partial charge is 0.313 e. The number of halogens is 2. The Morgan fingerprint density at radius 2 is 2.00 bits per heavy atom. The monoisotopic (exact) mass is 286 g/mol. The molecule has 5 heteroatoms. The minimum absolute atomic E-state index is 0.201. The summed E-state index contributed by atoms with van der Waals surface area (Å²) in [6.07, 6.45) is 2.78.